The van der Waals surface area contributed by atoms with Gasteiger partial charge in [0.15, 0.2) is 0 Å². The molecule has 4 rings (SSSR count). The Morgan fingerprint density at radius 1 is 0.909 bits per heavy atom. The highest BCUT2D eigenvalue weighted by molar-refractivity contribution is 6.04. The number of allylic oxidation sites excluding steroid dienone is 2. The summed E-state index contributed by atoms with van der Waals surface area (Å²) in [7, 11) is 0. The summed E-state index contributed by atoms with van der Waals surface area (Å²) in [5.41, 5.74) is 6.26. The van der Waals surface area contributed by atoms with Gasteiger partial charge in [-0.2, -0.15) is 0 Å². The van der Waals surface area contributed by atoms with E-state index in [0.717, 1.165) is 5.69 Å². The van der Waals surface area contributed by atoms with Gasteiger partial charge in [-0.15, -0.1) is 0 Å². The summed E-state index contributed by atoms with van der Waals surface area (Å²) in [5.74, 6) is 0. The molecule has 0 atom stereocenters. The Hall–Kier alpha value is -2.41. The van der Waals surface area contributed by atoms with Gasteiger partial charge in [-0.1, -0.05) is 68.5 Å². The normalized spacial score (nSPS) is 15.7. The van der Waals surface area contributed by atoms with E-state index < -0.39 is 0 Å². The molecule has 0 saturated carbocycles. The van der Waals surface area contributed by atoms with Gasteiger partial charge in [0.05, 0.1) is 5.69 Å². The highest BCUT2D eigenvalue weighted by atomic mass is 14.7. The smallest absolute Gasteiger partial charge is 0.0737 e. The van der Waals surface area contributed by atoms with Gasteiger partial charge in [-0.05, 0) is 29.0 Å². The molecule has 1 aliphatic rings. The molecular formula is C21H19N. The van der Waals surface area contributed by atoms with Crippen molar-refractivity contribution in [3.8, 4) is 11.1 Å². The highest BCUT2D eigenvalue weighted by Crippen LogP contribution is 2.43. The molecule has 0 N–H and O–H groups in total. The van der Waals surface area contributed by atoms with Crippen molar-refractivity contribution in [3.05, 3.63) is 72.1 Å². The average molecular weight is 285 g/mol. The van der Waals surface area contributed by atoms with Crippen molar-refractivity contribution in [2.75, 3.05) is 0 Å². The number of benzene rings is 2. The molecule has 3 aromatic rings. The number of aromatic nitrogens is 1. The van der Waals surface area contributed by atoms with Crippen molar-refractivity contribution in [1.29, 1.82) is 0 Å². The van der Waals surface area contributed by atoms with Crippen LogP contribution in [-0.2, 0) is 5.41 Å². The van der Waals surface area contributed by atoms with Crippen LogP contribution in [0.3, 0.4) is 0 Å². The van der Waals surface area contributed by atoms with Crippen molar-refractivity contribution < 1.29 is 0 Å². The van der Waals surface area contributed by atoms with Gasteiger partial charge in [0.1, 0.15) is 0 Å². The van der Waals surface area contributed by atoms with Crippen molar-refractivity contribution in [2.45, 2.75) is 26.2 Å². The van der Waals surface area contributed by atoms with Crippen LogP contribution in [0.2, 0.25) is 0 Å². The van der Waals surface area contributed by atoms with Crippen molar-refractivity contribution in [3.63, 3.8) is 0 Å². The van der Waals surface area contributed by atoms with Gasteiger partial charge < -0.3 is 0 Å². The second-order valence-electron chi connectivity index (χ2n) is 6.66. The summed E-state index contributed by atoms with van der Waals surface area (Å²) < 4.78 is 0. The third-order valence-corrected chi connectivity index (χ3v) is 4.64. The lowest BCUT2D eigenvalue weighted by Crippen LogP contribution is -2.19. The maximum absolute atomic E-state index is 4.79. The van der Waals surface area contributed by atoms with Crippen LogP contribution in [0.5, 0.6) is 0 Å². The molecule has 1 heteroatoms. The van der Waals surface area contributed by atoms with E-state index in [-0.39, 0.29) is 5.41 Å². The Kier molecular flexibility index (Phi) is 2.74. The molecule has 0 spiro atoms. The number of rotatable bonds is 1. The summed E-state index contributed by atoms with van der Waals surface area (Å²) >= 11 is 0. The lowest BCUT2D eigenvalue weighted by Gasteiger charge is -2.30. The van der Waals surface area contributed by atoms with Crippen LogP contribution in [0.1, 0.15) is 32.0 Å². The van der Waals surface area contributed by atoms with Gasteiger partial charge in [0.25, 0.3) is 0 Å². The summed E-state index contributed by atoms with van der Waals surface area (Å²) in [6.45, 7) is 6.73. The molecule has 0 aliphatic heterocycles. The summed E-state index contributed by atoms with van der Waals surface area (Å²) in [6.07, 6.45) is 4.35. The zero-order chi connectivity index (χ0) is 15.3. The van der Waals surface area contributed by atoms with Crippen LogP contribution in [0.15, 0.2) is 60.8 Å². The molecule has 1 aliphatic carbocycles. The molecule has 0 radical (unpaired) electrons. The van der Waals surface area contributed by atoms with E-state index in [9.17, 15) is 0 Å². The molecule has 108 valence electrons. The molecule has 1 nitrogen and oxygen atoms in total. The topological polar surface area (TPSA) is 12.9 Å². The van der Waals surface area contributed by atoms with Crippen LogP contribution in [0, 0.1) is 0 Å². The standard InChI is InChI=1S/C21H19N/c1-14-12-21(2,3)18-11-7-10-16-17(13-22-20(14)19(16)18)15-8-5-4-6-9-15/h4-13H,1-3H3. The average Bonchev–Trinajstić information content (AvgIpc) is 2.52. The monoisotopic (exact) mass is 285 g/mol. The lowest BCUT2D eigenvalue weighted by molar-refractivity contribution is 0.673. The van der Waals surface area contributed by atoms with E-state index in [0.29, 0.717) is 0 Å². The predicted molar refractivity (Wildman–Crippen MR) is 93.9 cm³/mol. The largest absolute Gasteiger partial charge is 0.255 e. The first-order chi connectivity index (χ1) is 10.6. The van der Waals surface area contributed by atoms with Crippen molar-refractivity contribution in [1.82, 2.24) is 4.98 Å². The van der Waals surface area contributed by atoms with E-state index >= 15 is 0 Å². The fourth-order valence-corrected chi connectivity index (χ4v) is 3.67. The molecule has 0 fully saturated rings. The Balaban J connectivity index is 2.13. The molecule has 0 saturated heterocycles. The number of pyridine rings is 1. The predicted octanol–water partition coefficient (Wildman–Crippen LogP) is 5.60. The fraction of sp³-hybridized carbons (Fsp3) is 0.190. The molecule has 1 aromatic heterocycles. The van der Waals surface area contributed by atoms with E-state index in [2.05, 4.69) is 75.4 Å². The van der Waals surface area contributed by atoms with Crippen LogP contribution < -0.4 is 0 Å². The van der Waals surface area contributed by atoms with E-state index in [1.54, 1.807) is 0 Å². The summed E-state index contributed by atoms with van der Waals surface area (Å²) in [6, 6.07) is 17.2. The van der Waals surface area contributed by atoms with Gasteiger partial charge in [0, 0.05) is 22.6 Å². The summed E-state index contributed by atoms with van der Waals surface area (Å²) in [5, 5.41) is 2.61. The van der Waals surface area contributed by atoms with E-state index in [4.69, 9.17) is 4.98 Å². The van der Waals surface area contributed by atoms with Gasteiger partial charge in [-0.3, -0.25) is 4.98 Å². The zero-order valence-electron chi connectivity index (χ0n) is 13.2. The molecular weight excluding hydrogens is 266 g/mol. The third-order valence-electron chi connectivity index (χ3n) is 4.64. The maximum atomic E-state index is 4.79. The van der Waals surface area contributed by atoms with Crippen LogP contribution in [0.4, 0.5) is 0 Å². The molecule has 0 unspecified atom stereocenters. The lowest BCUT2D eigenvalue weighted by atomic mass is 9.75. The van der Waals surface area contributed by atoms with Crippen molar-refractivity contribution >= 4 is 16.3 Å². The first-order valence-electron chi connectivity index (χ1n) is 7.75. The third kappa shape index (κ3) is 1.82. The maximum Gasteiger partial charge on any atom is 0.0737 e. The van der Waals surface area contributed by atoms with E-state index in [1.807, 2.05) is 6.20 Å². The first kappa shape index (κ1) is 13.3. The zero-order valence-corrected chi connectivity index (χ0v) is 13.2. The van der Waals surface area contributed by atoms with Crippen LogP contribution in [-0.4, -0.2) is 4.98 Å². The quantitative estimate of drug-likeness (QED) is 0.567. The second-order valence-corrected chi connectivity index (χ2v) is 6.66. The minimum atomic E-state index is 0.0492. The Labute approximate surface area is 131 Å². The number of hydrogen-bond donors (Lipinski definition) is 0. The number of hydrogen-bond acceptors (Lipinski definition) is 1. The minimum Gasteiger partial charge on any atom is -0.255 e. The van der Waals surface area contributed by atoms with E-state index in [1.165, 1.54) is 33.0 Å². The van der Waals surface area contributed by atoms with Gasteiger partial charge >= 0.3 is 0 Å². The van der Waals surface area contributed by atoms with Crippen molar-refractivity contribution in [2.24, 2.45) is 0 Å². The molecule has 22 heavy (non-hydrogen) atoms. The minimum absolute atomic E-state index is 0.0492. The van der Waals surface area contributed by atoms with Gasteiger partial charge in [0.2, 0.25) is 0 Å². The molecule has 2 aromatic carbocycles. The fourth-order valence-electron chi connectivity index (χ4n) is 3.67. The Bertz CT molecular complexity index is 902. The van der Waals surface area contributed by atoms with Gasteiger partial charge in [-0.25, -0.2) is 0 Å². The SMILES string of the molecule is CC1=CC(C)(C)c2cccc3c(-c4ccccc4)cnc1c23. The molecule has 0 bridgehead atoms. The number of nitrogens with zero attached hydrogens (tertiary/aromatic N) is 1. The Morgan fingerprint density at radius 3 is 2.45 bits per heavy atom. The van der Waals surface area contributed by atoms with Crippen LogP contribution >= 0.6 is 0 Å². The molecule has 1 heterocycles. The first-order valence-corrected chi connectivity index (χ1v) is 7.75. The Morgan fingerprint density at radius 2 is 1.68 bits per heavy atom. The summed E-state index contributed by atoms with van der Waals surface area (Å²) in [4.78, 5) is 4.79. The second kappa shape index (κ2) is 4.54. The molecule has 0 amide bonds. The van der Waals surface area contributed by atoms with Crippen LogP contribution in [0.25, 0.3) is 27.5 Å². The highest BCUT2D eigenvalue weighted by Gasteiger charge is 2.28.